The van der Waals surface area contributed by atoms with Crippen LogP contribution in [0, 0.1) is 12.8 Å². The number of halogens is 2. The third-order valence-electron chi connectivity index (χ3n) is 4.64. The van der Waals surface area contributed by atoms with Crippen molar-refractivity contribution < 1.29 is 9.59 Å². The molecule has 0 unspecified atom stereocenters. The monoisotopic (exact) mass is 390 g/mol. The first-order valence-corrected chi connectivity index (χ1v) is 9.17. The maximum Gasteiger partial charge on any atom is 0.228 e. The maximum absolute atomic E-state index is 12.8. The second-order valence-electron chi connectivity index (χ2n) is 6.65. The molecule has 1 heterocycles. The number of rotatable bonds is 4. The van der Waals surface area contributed by atoms with Crippen LogP contribution in [0.25, 0.3) is 0 Å². The molecule has 3 rings (SSSR count). The smallest absolute Gasteiger partial charge is 0.228 e. The standard InChI is InChI=1S/C20H20Cl2N2O2/c1-13-6-8-16(9-7-13)24-12-15(10-18(24)25)20(26)23(2)11-14-4-3-5-17(21)19(14)22/h3-9,15H,10-12H2,1-2H3/t15-/m1/s1. The van der Waals surface area contributed by atoms with Crippen molar-refractivity contribution in [2.75, 3.05) is 18.5 Å². The SMILES string of the molecule is Cc1ccc(N2C[C@H](C(=O)N(C)Cc3cccc(Cl)c3Cl)CC2=O)cc1. The molecule has 0 N–H and O–H groups in total. The van der Waals surface area contributed by atoms with Crippen molar-refractivity contribution in [1.82, 2.24) is 4.90 Å². The Morgan fingerprint density at radius 3 is 2.58 bits per heavy atom. The molecule has 136 valence electrons. The van der Waals surface area contributed by atoms with E-state index in [0.717, 1.165) is 16.8 Å². The lowest BCUT2D eigenvalue weighted by Crippen LogP contribution is -2.34. The Balaban J connectivity index is 1.69. The van der Waals surface area contributed by atoms with Crippen LogP contribution in [-0.2, 0) is 16.1 Å². The third kappa shape index (κ3) is 3.87. The number of nitrogens with zero attached hydrogens (tertiary/aromatic N) is 2. The van der Waals surface area contributed by atoms with Crippen molar-refractivity contribution in [1.29, 1.82) is 0 Å². The summed E-state index contributed by atoms with van der Waals surface area (Å²) < 4.78 is 0. The Labute approximate surface area is 163 Å². The van der Waals surface area contributed by atoms with E-state index in [4.69, 9.17) is 23.2 Å². The minimum atomic E-state index is -0.355. The van der Waals surface area contributed by atoms with Gasteiger partial charge in [0.05, 0.1) is 16.0 Å². The molecule has 6 heteroatoms. The summed E-state index contributed by atoms with van der Waals surface area (Å²) in [5.41, 5.74) is 2.75. The molecule has 1 fully saturated rings. The van der Waals surface area contributed by atoms with Gasteiger partial charge in [0.1, 0.15) is 0 Å². The Morgan fingerprint density at radius 1 is 1.19 bits per heavy atom. The van der Waals surface area contributed by atoms with E-state index in [-0.39, 0.29) is 24.2 Å². The normalized spacial score (nSPS) is 16.8. The largest absolute Gasteiger partial charge is 0.341 e. The highest BCUT2D eigenvalue weighted by Crippen LogP contribution is 2.29. The van der Waals surface area contributed by atoms with Gasteiger partial charge in [-0.2, -0.15) is 0 Å². The zero-order chi connectivity index (χ0) is 18.8. The van der Waals surface area contributed by atoms with E-state index in [9.17, 15) is 9.59 Å². The summed E-state index contributed by atoms with van der Waals surface area (Å²) >= 11 is 12.2. The Morgan fingerprint density at radius 2 is 1.88 bits per heavy atom. The summed E-state index contributed by atoms with van der Waals surface area (Å²) in [6.45, 7) is 2.75. The van der Waals surface area contributed by atoms with Crippen LogP contribution < -0.4 is 4.90 Å². The molecule has 0 radical (unpaired) electrons. The lowest BCUT2D eigenvalue weighted by atomic mass is 10.1. The molecular formula is C20H20Cl2N2O2. The molecular weight excluding hydrogens is 371 g/mol. The summed E-state index contributed by atoms with van der Waals surface area (Å²) in [7, 11) is 1.72. The Kier molecular flexibility index (Phi) is 5.54. The highest BCUT2D eigenvalue weighted by molar-refractivity contribution is 6.42. The summed E-state index contributed by atoms with van der Waals surface area (Å²) in [5, 5.41) is 0.921. The van der Waals surface area contributed by atoms with E-state index in [1.54, 1.807) is 29.0 Å². The minimum absolute atomic E-state index is 0.0265. The van der Waals surface area contributed by atoms with Gasteiger partial charge in [0.25, 0.3) is 0 Å². The van der Waals surface area contributed by atoms with Crippen molar-refractivity contribution in [3.8, 4) is 0 Å². The topological polar surface area (TPSA) is 40.6 Å². The Bertz CT molecular complexity index is 836. The zero-order valence-corrected chi connectivity index (χ0v) is 16.2. The average Bonchev–Trinajstić information content (AvgIpc) is 3.00. The number of amides is 2. The molecule has 1 aliphatic rings. The zero-order valence-electron chi connectivity index (χ0n) is 14.7. The minimum Gasteiger partial charge on any atom is -0.341 e. The van der Waals surface area contributed by atoms with Crippen LogP contribution in [0.15, 0.2) is 42.5 Å². The van der Waals surface area contributed by atoms with Crippen LogP contribution >= 0.6 is 23.2 Å². The molecule has 1 aliphatic heterocycles. The van der Waals surface area contributed by atoms with Crippen LogP contribution in [0.2, 0.25) is 10.0 Å². The second-order valence-corrected chi connectivity index (χ2v) is 7.43. The molecule has 4 nitrogen and oxygen atoms in total. The molecule has 1 saturated heterocycles. The van der Waals surface area contributed by atoms with Gasteiger partial charge in [0.2, 0.25) is 11.8 Å². The first-order chi connectivity index (χ1) is 12.4. The molecule has 2 amide bonds. The fourth-order valence-corrected chi connectivity index (χ4v) is 3.54. The van der Waals surface area contributed by atoms with E-state index >= 15 is 0 Å². The highest BCUT2D eigenvalue weighted by Gasteiger charge is 2.36. The molecule has 2 aromatic carbocycles. The van der Waals surface area contributed by atoms with Crippen LogP contribution in [0.5, 0.6) is 0 Å². The molecule has 26 heavy (non-hydrogen) atoms. The number of anilines is 1. The number of benzene rings is 2. The van der Waals surface area contributed by atoms with Crippen LogP contribution in [0.4, 0.5) is 5.69 Å². The predicted molar refractivity (Wildman–Crippen MR) is 105 cm³/mol. The van der Waals surface area contributed by atoms with Crippen molar-refractivity contribution in [3.63, 3.8) is 0 Å². The molecule has 0 spiro atoms. The molecule has 0 aromatic heterocycles. The molecule has 0 saturated carbocycles. The summed E-state index contributed by atoms with van der Waals surface area (Å²) in [4.78, 5) is 28.5. The molecule has 0 bridgehead atoms. The number of hydrogen-bond donors (Lipinski definition) is 0. The van der Waals surface area contributed by atoms with Crippen LogP contribution in [0.3, 0.4) is 0 Å². The van der Waals surface area contributed by atoms with E-state index in [1.165, 1.54) is 0 Å². The maximum atomic E-state index is 12.8. The quantitative estimate of drug-likeness (QED) is 0.779. The van der Waals surface area contributed by atoms with Crippen molar-refractivity contribution in [2.45, 2.75) is 19.9 Å². The first kappa shape index (κ1) is 18.7. The van der Waals surface area contributed by atoms with Gasteiger partial charge in [-0.15, -0.1) is 0 Å². The van der Waals surface area contributed by atoms with Gasteiger partial charge in [-0.1, -0.05) is 53.0 Å². The molecule has 0 aliphatic carbocycles. The second kappa shape index (κ2) is 7.68. The van der Waals surface area contributed by atoms with Gasteiger partial charge in [0, 0.05) is 32.2 Å². The number of aryl methyl sites for hydroxylation is 1. The van der Waals surface area contributed by atoms with E-state index in [2.05, 4.69) is 0 Å². The van der Waals surface area contributed by atoms with E-state index < -0.39 is 0 Å². The van der Waals surface area contributed by atoms with Gasteiger partial charge >= 0.3 is 0 Å². The molecule has 1 atom stereocenters. The fraction of sp³-hybridized carbons (Fsp3) is 0.300. The number of carbonyl (C=O) groups excluding carboxylic acids is 2. The Hall–Kier alpha value is -2.04. The van der Waals surface area contributed by atoms with Gasteiger partial charge in [-0.05, 0) is 30.7 Å². The van der Waals surface area contributed by atoms with Crippen molar-refractivity contribution >= 4 is 40.7 Å². The average molecular weight is 391 g/mol. The summed E-state index contributed by atoms with van der Waals surface area (Å²) in [6.07, 6.45) is 0.223. The van der Waals surface area contributed by atoms with Gasteiger partial charge in [-0.3, -0.25) is 9.59 Å². The predicted octanol–water partition coefficient (Wildman–Crippen LogP) is 4.31. The summed E-state index contributed by atoms with van der Waals surface area (Å²) in [6, 6.07) is 13.1. The van der Waals surface area contributed by atoms with E-state index in [0.29, 0.717) is 23.1 Å². The van der Waals surface area contributed by atoms with Gasteiger partial charge in [-0.25, -0.2) is 0 Å². The van der Waals surface area contributed by atoms with Crippen LogP contribution in [-0.4, -0.2) is 30.3 Å². The van der Waals surface area contributed by atoms with Gasteiger partial charge < -0.3 is 9.80 Å². The summed E-state index contributed by atoms with van der Waals surface area (Å²) in [5.74, 6) is -0.447. The third-order valence-corrected chi connectivity index (χ3v) is 5.49. The van der Waals surface area contributed by atoms with E-state index in [1.807, 2.05) is 37.3 Å². The van der Waals surface area contributed by atoms with Crippen LogP contribution in [0.1, 0.15) is 17.5 Å². The first-order valence-electron chi connectivity index (χ1n) is 8.41. The highest BCUT2D eigenvalue weighted by atomic mass is 35.5. The van der Waals surface area contributed by atoms with Crippen molar-refractivity contribution in [2.24, 2.45) is 5.92 Å². The van der Waals surface area contributed by atoms with Gasteiger partial charge in [0.15, 0.2) is 0 Å². The lowest BCUT2D eigenvalue weighted by molar-refractivity contribution is -0.135. The lowest BCUT2D eigenvalue weighted by Gasteiger charge is -2.22. The number of hydrogen-bond acceptors (Lipinski definition) is 2. The number of carbonyl (C=O) groups is 2. The fourth-order valence-electron chi connectivity index (χ4n) is 3.16. The molecule has 2 aromatic rings. The van der Waals surface area contributed by atoms with Crippen molar-refractivity contribution in [3.05, 3.63) is 63.6 Å².